The minimum Gasteiger partial charge on any atom is -0.478 e. The van der Waals surface area contributed by atoms with Gasteiger partial charge in [0.1, 0.15) is 11.3 Å². The zero-order valence-corrected chi connectivity index (χ0v) is 11.9. The van der Waals surface area contributed by atoms with Crippen molar-refractivity contribution in [2.45, 2.75) is 13.1 Å². The normalized spacial score (nSPS) is 11.8. The number of benzene rings is 2. The highest BCUT2D eigenvalue weighted by Gasteiger charge is 2.34. The van der Waals surface area contributed by atoms with Crippen molar-refractivity contribution in [2.24, 2.45) is 0 Å². The molecule has 0 aliphatic heterocycles. The molecular formula is C16H11F3N2O2. The second-order valence-corrected chi connectivity index (χ2v) is 5.14. The lowest BCUT2D eigenvalue weighted by molar-refractivity contribution is -0.137. The van der Waals surface area contributed by atoms with E-state index < -0.39 is 17.7 Å². The lowest BCUT2D eigenvalue weighted by Crippen LogP contribution is -2.08. The van der Waals surface area contributed by atoms with E-state index in [9.17, 15) is 18.0 Å². The molecule has 0 radical (unpaired) electrons. The predicted molar refractivity (Wildman–Crippen MR) is 78.2 cm³/mol. The second-order valence-electron chi connectivity index (χ2n) is 5.14. The molecule has 23 heavy (non-hydrogen) atoms. The lowest BCUT2D eigenvalue weighted by atomic mass is 10.0. The molecule has 1 aromatic heterocycles. The number of imidazole rings is 1. The van der Waals surface area contributed by atoms with E-state index in [2.05, 4.69) is 9.97 Å². The highest BCUT2D eigenvalue weighted by Crippen LogP contribution is 2.37. The number of hydrogen-bond donors (Lipinski definition) is 2. The molecule has 7 heteroatoms. The minimum absolute atomic E-state index is 0.0129. The molecular weight excluding hydrogens is 309 g/mol. The van der Waals surface area contributed by atoms with Gasteiger partial charge in [-0.2, -0.15) is 13.2 Å². The Morgan fingerprint density at radius 2 is 1.96 bits per heavy atom. The molecule has 4 nitrogen and oxygen atoms in total. The van der Waals surface area contributed by atoms with Crippen LogP contribution in [0.4, 0.5) is 13.2 Å². The van der Waals surface area contributed by atoms with E-state index >= 15 is 0 Å². The van der Waals surface area contributed by atoms with Crippen LogP contribution in [0.2, 0.25) is 0 Å². The first-order valence-electron chi connectivity index (χ1n) is 6.67. The minimum atomic E-state index is -4.53. The van der Waals surface area contributed by atoms with Crippen LogP contribution >= 0.6 is 0 Å². The van der Waals surface area contributed by atoms with Gasteiger partial charge in [0, 0.05) is 5.56 Å². The average molecular weight is 320 g/mol. The van der Waals surface area contributed by atoms with E-state index in [-0.39, 0.29) is 22.5 Å². The van der Waals surface area contributed by atoms with Crippen LogP contribution in [-0.4, -0.2) is 21.0 Å². The van der Waals surface area contributed by atoms with Crippen LogP contribution in [0.15, 0.2) is 36.4 Å². The maximum Gasteiger partial charge on any atom is 0.417 e. The van der Waals surface area contributed by atoms with Gasteiger partial charge in [-0.1, -0.05) is 23.8 Å². The summed E-state index contributed by atoms with van der Waals surface area (Å²) < 4.78 is 39.7. The number of para-hydroxylation sites is 1. The fraction of sp³-hybridized carbons (Fsp3) is 0.125. The molecule has 118 valence electrons. The van der Waals surface area contributed by atoms with E-state index in [0.717, 1.165) is 6.07 Å². The third kappa shape index (κ3) is 2.65. The Hall–Kier alpha value is -2.83. The maximum atomic E-state index is 13.2. The Bertz CT molecular complexity index is 913. The number of aryl methyl sites for hydroxylation is 1. The quantitative estimate of drug-likeness (QED) is 0.741. The number of halogens is 3. The number of nitrogens with zero attached hydrogens (tertiary/aromatic N) is 1. The summed E-state index contributed by atoms with van der Waals surface area (Å²) in [6.07, 6.45) is -4.53. The molecule has 2 N–H and O–H groups in total. The fourth-order valence-corrected chi connectivity index (χ4v) is 2.43. The van der Waals surface area contributed by atoms with Gasteiger partial charge in [0.05, 0.1) is 16.6 Å². The highest BCUT2D eigenvalue weighted by atomic mass is 19.4. The summed E-state index contributed by atoms with van der Waals surface area (Å²) in [5.41, 5.74) is -0.0181. The van der Waals surface area contributed by atoms with Gasteiger partial charge in [0.15, 0.2) is 0 Å². The second kappa shape index (κ2) is 5.12. The number of hydrogen-bond acceptors (Lipinski definition) is 2. The Kier molecular flexibility index (Phi) is 3.35. The predicted octanol–water partition coefficient (Wildman–Crippen LogP) is 4.26. The van der Waals surface area contributed by atoms with Gasteiger partial charge in [-0.3, -0.25) is 0 Å². The van der Waals surface area contributed by atoms with Crippen LogP contribution in [-0.2, 0) is 6.18 Å². The zero-order valence-electron chi connectivity index (χ0n) is 11.9. The third-order valence-electron chi connectivity index (χ3n) is 3.48. The number of aromatic amines is 1. The highest BCUT2D eigenvalue weighted by molar-refractivity contribution is 6.01. The Morgan fingerprint density at radius 1 is 1.22 bits per heavy atom. The number of nitrogens with one attached hydrogen (secondary N) is 1. The van der Waals surface area contributed by atoms with Crippen LogP contribution in [0.1, 0.15) is 21.5 Å². The number of aromatic carboxylic acids is 1. The summed E-state index contributed by atoms with van der Waals surface area (Å²) >= 11 is 0. The Labute approximate surface area is 128 Å². The largest absolute Gasteiger partial charge is 0.478 e. The van der Waals surface area contributed by atoms with Crippen LogP contribution in [0, 0.1) is 6.92 Å². The van der Waals surface area contributed by atoms with E-state index in [1.807, 2.05) is 0 Å². The first kappa shape index (κ1) is 15.1. The van der Waals surface area contributed by atoms with Crippen molar-refractivity contribution < 1.29 is 23.1 Å². The van der Waals surface area contributed by atoms with E-state index in [1.165, 1.54) is 18.2 Å². The van der Waals surface area contributed by atoms with Gasteiger partial charge >= 0.3 is 12.1 Å². The van der Waals surface area contributed by atoms with Crippen molar-refractivity contribution >= 4 is 17.0 Å². The number of rotatable bonds is 2. The van der Waals surface area contributed by atoms with Gasteiger partial charge in [0.2, 0.25) is 0 Å². The first-order valence-corrected chi connectivity index (χ1v) is 6.67. The van der Waals surface area contributed by atoms with E-state index in [0.29, 0.717) is 11.1 Å². The van der Waals surface area contributed by atoms with Crippen LogP contribution < -0.4 is 0 Å². The summed E-state index contributed by atoms with van der Waals surface area (Å²) in [5.74, 6) is -1.20. The average Bonchev–Trinajstić information content (AvgIpc) is 2.89. The summed E-state index contributed by atoms with van der Waals surface area (Å²) in [6, 6.07) is 8.36. The molecule has 3 aromatic rings. The number of carboxylic acid groups (broad SMARTS) is 1. The number of carboxylic acids is 1. The van der Waals surface area contributed by atoms with E-state index in [4.69, 9.17) is 5.11 Å². The van der Waals surface area contributed by atoms with Crippen LogP contribution in [0.25, 0.3) is 22.4 Å². The molecule has 0 saturated heterocycles. The molecule has 3 rings (SSSR count). The summed E-state index contributed by atoms with van der Waals surface area (Å²) in [6.45, 7) is 1.57. The first-order chi connectivity index (χ1) is 10.8. The van der Waals surface area contributed by atoms with Gasteiger partial charge < -0.3 is 10.1 Å². The van der Waals surface area contributed by atoms with Gasteiger partial charge in [0.25, 0.3) is 0 Å². The van der Waals surface area contributed by atoms with Gasteiger partial charge in [-0.25, -0.2) is 9.78 Å². The molecule has 0 aliphatic rings. The van der Waals surface area contributed by atoms with Crippen molar-refractivity contribution in [1.29, 1.82) is 0 Å². The van der Waals surface area contributed by atoms with Gasteiger partial charge in [-0.05, 0) is 25.1 Å². The standard InChI is InChI=1S/C16H11F3N2O2/c1-8-5-6-9(11(7-8)16(17,18)19)14-20-12-4-2-3-10(15(22)23)13(12)21-14/h2-7H,1H3,(H,20,21)(H,22,23). The van der Waals surface area contributed by atoms with Crippen molar-refractivity contribution in [1.82, 2.24) is 9.97 Å². The number of fused-ring (bicyclic) bond motifs is 1. The SMILES string of the molecule is Cc1ccc(-c2nc3c(C(=O)O)cccc3[nH]2)c(C(F)(F)F)c1. The summed E-state index contributed by atoms with van der Waals surface area (Å²) in [5, 5.41) is 9.15. The molecule has 0 aliphatic carbocycles. The Balaban J connectivity index is 2.26. The number of aromatic nitrogens is 2. The van der Waals surface area contributed by atoms with Crippen molar-refractivity contribution in [3.05, 3.63) is 53.1 Å². The smallest absolute Gasteiger partial charge is 0.417 e. The number of H-pyrrole nitrogens is 1. The summed E-state index contributed by atoms with van der Waals surface area (Å²) in [4.78, 5) is 18.0. The number of alkyl halides is 3. The van der Waals surface area contributed by atoms with Gasteiger partial charge in [-0.15, -0.1) is 0 Å². The molecule has 0 fully saturated rings. The Morgan fingerprint density at radius 3 is 2.61 bits per heavy atom. The molecule has 0 bridgehead atoms. The van der Waals surface area contributed by atoms with Crippen molar-refractivity contribution in [3.63, 3.8) is 0 Å². The lowest BCUT2D eigenvalue weighted by Gasteiger charge is -2.12. The zero-order chi connectivity index (χ0) is 16.8. The topological polar surface area (TPSA) is 66.0 Å². The van der Waals surface area contributed by atoms with Crippen LogP contribution in [0.3, 0.4) is 0 Å². The maximum absolute atomic E-state index is 13.2. The molecule has 0 unspecified atom stereocenters. The molecule has 0 saturated carbocycles. The molecule has 2 aromatic carbocycles. The number of carbonyl (C=O) groups is 1. The molecule has 0 amide bonds. The van der Waals surface area contributed by atoms with Crippen molar-refractivity contribution in [2.75, 3.05) is 0 Å². The fourth-order valence-electron chi connectivity index (χ4n) is 2.43. The van der Waals surface area contributed by atoms with Crippen LogP contribution in [0.5, 0.6) is 0 Å². The molecule has 1 heterocycles. The van der Waals surface area contributed by atoms with E-state index in [1.54, 1.807) is 19.1 Å². The molecule has 0 spiro atoms. The monoisotopic (exact) mass is 320 g/mol. The molecule has 0 atom stereocenters. The summed E-state index contributed by atoms with van der Waals surface area (Å²) in [7, 11) is 0. The third-order valence-corrected chi connectivity index (χ3v) is 3.48. The van der Waals surface area contributed by atoms with Crippen molar-refractivity contribution in [3.8, 4) is 11.4 Å².